The first-order valence-electron chi connectivity index (χ1n) is 6.12. The van der Waals surface area contributed by atoms with Crippen molar-refractivity contribution in [3.05, 3.63) is 34.1 Å². The van der Waals surface area contributed by atoms with Crippen LogP contribution >= 0.6 is 15.9 Å². The van der Waals surface area contributed by atoms with E-state index in [-0.39, 0.29) is 23.9 Å². The minimum absolute atomic E-state index is 0.0628. The summed E-state index contributed by atoms with van der Waals surface area (Å²) in [5.74, 6) is -0.240. The van der Waals surface area contributed by atoms with Gasteiger partial charge in [-0.15, -0.1) is 0 Å². The zero-order chi connectivity index (χ0) is 13.8. The molecule has 0 heterocycles. The van der Waals surface area contributed by atoms with Gasteiger partial charge in [0.15, 0.2) is 0 Å². The molecule has 1 rings (SSSR count). The van der Waals surface area contributed by atoms with E-state index in [0.717, 1.165) is 10.0 Å². The van der Waals surface area contributed by atoms with Gasteiger partial charge in [0.2, 0.25) is 0 Å². The Morgan fingerprint density at radius 1 is 1.33 bits per heavy atom. The summed E-state index contributed by atoms with van der Waals surface area (Å²) in [5.41, 5.74) is 0.960. The van der Waals surface area contributed by atoms with E-state index in [1.807, 2.05) is 6.07 Å². The standard InChI is InChI=1S/C14H21BrFNO/c1-14(2,3)13(4-5-18)17-9-10-6-11(15)8-12(16)7-10/h6-8,13,17-18H,4-5,9H2,1-3H3. The van der Waals surface area contributed by atoms with Crippen LogP contribution in [0.25, 0.3) is 0 Å². The van der Waals surface area contributed by atoms with Gasteiger partial charge < -0.3 is 10.4 Å². The van der Waals surface area contributed by atoms with Crippen molar-refractivity contribution in [1.82, 2.24) is 5.32 Å². The molecule has 0 radical (unpaired) electrons. The van der Waals surface area contributed by atoms with Gasteiger partial charge in [-0.05, 0) is 35.6 Å². The highest BCUT2D eigenvalue weighted by molar-refractivity contribution is 9.10. The van der Waals surface area contributed by atoms with Gasteiger partial charge in [0.25, 0.3) is 0 Å². The summed E-state index contributed by atoms with van der Waals surface area (Å²) in [5, 5.41) is 12.5. The molecule has 2 N–H and O–H groups in total. The Morgan fingerprint density at radius 2 is 2.00 bits per heavy atom. The number of benzene rings is 1. The van der Waals surface area contributed by atoms with Crippen LogP contribution in [0.3, 0.4) is 0 Å². The van der Waals surface area contributed by atoms with Gasteiger partial charge >= 0.3 is 0 Å². The third-order valence-corrected chi connectivity index (χ3v) is 3.40. The second kappa shape index (κ2) is 6.64. The molecular weight excluding hydrogens is 297 g/mol. The number of halogens is 2. The van der Waals surface area contributed by atoms with Crippen LogP contribution in [0, 0.1) is 11.2 Å². The SMILES string of the molecule is CC(C)(C)C(CCO)NCc1cc(F)cc(Br)c1. The maximum absolute atomic E-state index is 13.2. The zero-order valence-electron chi connectivity index (χ0n) is 11.1. The molecular formula is C14H21BrFNO. The smallest absolute Gasteiger partial charge is 0.124 e. The molecule has 1 unspecified atom stereocenters. The van der Waals surface area contributed by atoms with E-state index < -0.39 is 0 Å². The van der Waals surface area contributed by atoms with Crippen molar-refractivity contribution in [1.29, 1.82) is 0 Å². The lowest BCUT2D eigenvalue weighted by Gasteiger charge is -2.31. The van der Waals surface area contributed by atoms with Crippen molar-refractivity contribution in [2.75, 3.05) is 6.61 Å². The van der Waals surface area contributed by atoms with E-state index in [9.17, 15) is 4.39 Å². The maximum Gasteiger partial charge on any atom is 0.124 e. The summed E-state index contributed by atoms with van der Waals surface area (Å²) in [6, 6.07) is 5.06. The summed E-state index contributed by atoms with van der Waals surface area (Å²) in [7, 11) is 0. The van der Waals surface area contributed by atoms with E-state index in [1.165, 1.54) is 12.1 Å². The van der Waals surface area contributed by atoms with Gasteiger partial charge in [-0.2, -0.15) is 0 Å². The fraction of sp³-hybridized carbons (Fsp3) is 0.571. The van der Waals surface area contributed by atoms with Crippen molar-refractivity contribution in [3.8, 4) is 0 Å². The highest BCUT2D eigenvalue weighted by Gasteiger charge is 2.23. The van der Waals surface area contributed by atoms with Gasteiger partial charge in [0, 0.05) is 23.7 Å². The Bertz CT molecular complexity index is 370. The summed E-state index contributed by atoms with van der Waals surface area (Å²) in [6.45, 7) is 7.13. The minimum Gasteiger partial charge on any atom is -0.396 e. The maximum atomic E-state index is 13.2. The number of nitrogens with one attached hydrogen (secondary N) is 1. The van der Waals surface area contributed by atoms with Crippen LogP contribution in [0.5, 0.6) is 0 Å². The highest BCUT2D eigenvalue weighted by atomic mass is 79.9. The normalized spacial score (nSPS) is 13.7. The lowest BCUT2D eigenvalue weighted by Crippen LogP contribution is -2.40. The molecule has 0 aromatic heterocycles. The first kappa shape index (κ1) is 15.6. The first-order chi connectivity index (χ1) is 8.32. The van der Waals surface area contributed by atoms with Crippen molar-refractivity contribution in [3.63, 3.8) is 0 Å². The number of aliphatic hydroxyl groups excluding tert-OH is 1. The Balaban J connectivity index is 2.67. The van der Waals surface area contributed by atoms with Crippen molar-refractivity contribution < 1.29 is 9.50 Å². The van der Waals surface area contributed by atoms with Gasteiger partial charge in [-0.25, -0.2) is 4.39 Å². The van der Waals surface area contributed by atoms with Gasteiger partial charge in [-0.3, -0.25) is 0 Å². The molecule has 0 fully saturated rings. The molecule has 1 atom stereocenters. The number of hydrogen-bond donors (Lipinski definition) is 2. The molecule has 0 amide bonds. The average molecular weight is 318 g/mol. The topological polar surface area (TPSA) is 32.3 Å². The van der Waals surface area contributed by atoms with Gasteiger partial charge in [0.05, 0.1) is 0 Å². The minimum atomic E-state index is -0.240. The predicted molar refractivity (Wildman–Crippen MR) is 75.9 cm³/mol. The van der Waals surface area contributed by atoms with Crippen LogP contribution in [-0.2, 0) is 6.54 Å². The fourth-order valence-electron chi connectivity index (χ4n) is 1.92. The predicted octanol–water partition coefficient (Wildman–Crippen LogP) is 3.47. The lowest BCUT2D eigenvalue weighted by molar-refractivity contribution is 0.196. The highest BCUT2D eigenvalue weighted by Crippen LogP contribution is 2.22. The average Bonchev–Trinajstić information content (AvgIpc) is 2.21. The van der Waals surface area contributed by atoms with Crippen LogP contribution in [0.2, 0.25) is 0 Å². The molecule has 0 saturated carbocycles. The van der Waals surface area contributed by atoms with E-state index in [2.05, 4.69) is 42.0 Å². The zero-order valence-corrected chi connectivity index (χ0v) is 12.7. The summed E-state index contributed by atoms with van der Waals surface area (Å²) < 4.78 is 14.0. The first-order valence-corrected chi connectivity index (χ1v) is 6.91. The Kier molecular flexibility index (Phi) is 5.76. The number of hydrogen-bond acceptors (Lipinski definition) is 2. The number of aliphatic hydroxyl groups is 1. The monoisotopic (exact) mass is 317 g/mol. The Labute approximate surface area is 117 Å². The van der Waals surface area contributed by atoms with Crippen molar-refractivity contribution in [2.45, 2.75) is 39.8 Å². The molecule has 0 aliphatic heterocycles. The summed E-state index contributed by atoms with van der Waals surface area (Å²) in [6.07, 6.45) is 0.694. The van der Waals surface area contributed by atoms with Gasteiger partial charge in [0.1, 0.15) is 5.82 Å². The second-order valence-electron chi connectivity index (χ2n) is 5.59. The molecule has 1 aromatic rings. The largest absolute Gasteiger partial charge is 0.396 e. The Hall–Kier alpha value is -0.450. The molecule has 2 nitrogen and oxygen atoms in total. The van der Waals surface area contributed by atoms with Crippen LogP contribution in [0.1, 0.15) is 32.8 Å². The third kappa shape index (κ3) is 5.04. The van der Waals surface area contributed by atoms with Crippen LogP contribution in [-0.4, -0.2) is 17.8 Å². The molecule has 0 spiro atoms. The quantitative estimate of drug-likeness (QED) is 0.871. The third-order valence-electron chi connectivity index (χ3n) is 2.94. The second-order valence-corrected chi connectivity index (χ2v) is 6.51. The molecule has 1 aromatic carbocycles. The Morgan fingerprint density at radius 3 is 2.50 bits per heavy atom. The molecule has 18 heavy (non-hydrogen) atoms. The van der Waals surface area contributed by atoms with Gasteiger partial charge in [-0.1, -0.05) is 36.7 Å². The van der Waals surface area contributed by atoms with Crippen LogP contribution in [0.4, 0.5) is 4.39 Å². The molecule has 102 valence electrons. The lowest BCUT2D eigenvalue weighted by atomic mass is 9.85. The summed E-state index contributed by atoms with van der Waals surface area (Å²) in [4.78, 5) is 0. The van der Waals surface area contributed by atoms with Crippen LogP contribution < -0.4 is 5.32 Å². The van der Waals surface area contributed by atoms with E-state index in [1.54, 1.807) is 0 Å². The molecule has 0 aliphatic rings. The fourth-order valence-corrected chi connectivity index (χ4v) is 2.44. The molecule has 4 heteroatoms. The molecule has 0 bridgehead atoms. The molecule has 0 aliphatic carbocycles. The van der Waals surface area contributed by atoms with E-state index in [4.69, 9.17) is 5.11 Å². The van der Waals surface area contributed by atoms with E-state index in [0.29, 0.717) is 13.0 Å². The van der Waals surface area contributed by atoms with Crippen LogP contribution in [0.15, 0.2) is 22.7 Å². The van der Waals surface area contributed by atoms with Crippen molar-refractivity contribution >= 4 is 15.9 Å². The summed E-state index contributed by atoms with van der Waals surface area (Å²) >= 11 is 3.28. The number of rotatable bonds is 5. The van der Waals surface area contributed by atoms with E-state index >= 15 is 0 Å². The molecule has 0 saturated heterocycles. The van der Waals surface area contributed by atoms with Crippen molar-refractivity contribution in [2.24, 2.45) is 5.41 Å².